The number of para-hydroxylation sites is 1. The molecule has 0 aliphatic heterocycles. The summed E-state index contributed by atoms with van der Waals surface area (Å²) in [6.45, 7) is 2.30. The quantitative estimate of drug-likeness (QED) is 0.169. The van der Waals surface area contributed by atoms with Crippen molar-refractivity contribution in [3.8, 4) is 0 Å². The van der Waals surface area contributed by atoms with E-state index in [9.17, 15) is 0 Å². The second-order valence-electron chi connectivity index (χ2n) is 8.17. The lowest BCUT2D eigenvalue weighted by Crippen LogP contribution is -2.48. The van der Waals surface area contributed by atoms with Gasteiger partial charge < -0.3 is 43.3 Å². The topological polar surface area (TPSA) is 119 Å². The molecule has 0 radical (unpaired) electrons. The molecule has 206 valence electrons. The number of hydrogen-bond donors (Lipinski definition) is 3. The Balaban J connectivity index is 0.000000661. The van der Waals surface area contributed by atoms with Gasteiger partial charge in [-0.25, -0.2) is 0 Å². The third kappa shape index (κ3) is 13.3. The van der Waals surface area contributed by atoms with Crippen molar-refractivity contribution >= 4 is 23.3 Å². The summed E-state index contributed by atoms with van der Waals surface area (Å²) in [5.41, 5.74) is 12.6. The number of benzene rings is 1. The molecule has 1 atom stereocenters. The number of unbranched alkanes of at least 4 members (excludes halogenated alkanes) is 3. The standard InChI is InChI=1S/C12H30N2O3Si.C12H21NO3Si/c1-15-18(16-2,17-3)12(9-11-14)8-6-4-5-7-10-13;1-14-17(15-2,16-3)11-7-10-13-12-8-5-4-6-9-12/h12H,4-11,13-14H2,1-3H3;4-6,8-9,13H,7,10-11H2,1-3H3. The van der Waals surface area contributed by atoms with Crippen LogP contribution in [0.5, 0.6) is 0 Å². The first-order valence-electron chi connectivity index (χ1n) is 12.5. The van der Waals surface area contributed by atoms with Crippen molar-refractivity contribution in [2.24, 2.45) is 11.5 Å². The van der Waals surface area contributed by atoms with Crippen LogP contribution in [0.2, 0.25) is 11.6 Å². The monoisotopic (exact) mass is 533 g/mol. The van der Waals surface area contributed by atoms with Crippen LogP contribution in [0.25, 0.3) is 0 Å². The lowest BCUT2D eigenvalue weighted by atomic mass is 10.1. The molecule has 35 heavy (non-hydrogen) atoms. The van der Waals surface area contributed by atoms with Crippen molar-refractivity contribution in [2.45, 2.75) is 56.5 Å². The molecular formula is C24H51N3O6Si2. The number of hydrogen-bond acceptors (Lipinski definition) is 9. The molecule has 9 nitrogen and oxygen atoms in total. The van der Waals surface area contributed by atoms with Crippen LogP contribution in [-0.4, -0.2) is 79.9 Å². The van der Waals surface area contributed by atoms with Crippen molar-refractivity contribution in [2.75, 3.05) is 67.6 Å². The molecule has 1 unspecified atom stereocenters. The Morgan fingerprint density at radius 1 is 0.686 bits per heavy atom. The molecule has 0 fully saturated rings. The van der Waals surface area contributed by atoms with E-state index >= 15 is 0 Å². The lowest BCUT2D eigenvalue weighted by molar-refractivity contribution is 0.108. The highest BCUT2D eigenvalue weighted by molar-refractivity contribution is 6.62. The minimum atomic E-state index is -2.54. The smallest absolute Gasteiger partial charge is 0.385 e. The Bertz CT molecular complexity index is 579. The molecule has 1 aromatic carbocycles. The van der Waals surface area contributed by atoms with Crippen molar-refractivity contribution < 1.29 is 26.6 Å². The predicted octanol–water partition coefficient (Wildman–Crippen LogP) is 3.86. The molecule has 0 aliphatic carbocycles. The van der Waals surface area contributed by atoms with Crippen molar-refractivity contribution in [3.63, 3.8) is 0 Å². The van der Waals surface area contributed by atoms with Gasteiger partial charge in [0.1, 0.15) is 0 Å². The van der Waals surface area contributed by atoms with Crippen LogP contribution < -0.4 is 16.8 Å². The average molecular weight is 534 g/mol. The van der Waals surface area contributed by atoms with Gasteiger partial charge in [-0.15, -0.1) is 0 Å². The average Bonchev–Trinajstić information content (AvgIpc) is 2.91. The lowest BCUT2D eigenvalue weighted by Gasteiger charge is -2.32. The maximum Gasteiger partial charge on any atom is 0.503 e. The fraction of sp³-hybridized carbons (Fsp3) is 0.750. The fourth-order valence-electron chi connectivity index (χ4n) is 3.99. The Morgan fingerprint density at radius 2 is 1.26 bits per heavy atom. The normalized spacial score (nSPS) is 12.7. The molecule has 0 heterocycles. The maximum atomic E-state index is 5.68. The van der Waals surface area contributed by atoms with Gasteiger partial charge in [-0.05, 0) is 50.9 Å². The Labute approximate surface area is 215 Å². The van der Waals surface area contributed by atoms with Gasteiger partial charge in [-0.2, -0.15) is 0 Å². The number of nitrogens with two attached hydrogens (primary N) is 2. The maximum absolute atomic E-state index is 5.68. The van der Waals surface area contributed by atoms with E-state index in [2.05, 4.69) is 5.32 Å². The summed E-state index contributed by atoms with van der Waals surface area (Å²) in [5, 5.41) is 3.35. The number of anilines is 1. The van der Waals surface area contributed by atoms with Crippen LogP contribution in [-0.2, 0) is 26.6 Å². The van der Waals surface area contributed by atoms with E-state index in [0.29, 0.717) is 12.1 Å². The predicted molar refractivity (Wildman–Crippen MR) is 147 cm³/mol. The molecule has 0 spiro atoms. The molecule has 0 saturated carbocycles. The first kappa shape index (κ1) is 34.1. The van der Waals surface area contributed by atoms with E-state index in [1.54, 1.807) is 42.7 Å². The SMILES string of the molecule is CO[Si](CCCNc1ccccc1)(OC)OC.CO[Si](OC)(OC)C(CCN)CCCCCCN. The molecule has 5 N–H and O–H groups in total. The molecule has 0 amide bonds. The third-order valence-corrected chi connectivity index (χ3v) is 12.2. The number of nitrogens with one attached hydrogen (secondary N) is 1. The van der Waals surface area contributed by atoms with Crippen LogP contribution in [0.15, 0.2) is 30.3 Å². The van der Waals surface area contributed by atoms with E-state index in [1.807, 2.05) is 30.3 Å². The highest BCUT2D eigenvalue weighted by Crippen LogP contribution is 2.32. The Kier molecular flexibility index (Phi) is 20.7. The zero-order chi connectivity index (χ0) is 26.4. The van der Waals surface area contributed by atoms with Crippen LogP contribution in [0.1, 0.15) is 44.9 Å². The van der Waals surface area contributed by atoms with Crippen LogP contribution in [0.3, 0.4) is 0 Å². The molecule has 0 aromatic heterocycles. The van der Waals surface area contributed by atoms with Gasteiger partial charge in [0.05, 0.1) is 0 Å². The van der Waals surface area contributed by atoms with E-state index in [0.717, 1.165) is 56.9 Å². The molecule has 1 rings (SSSR count). The zero-order valence-electron chi connectivity index (χ0n) is 22.8. The zero-order valence-corrected chi connectivity index (χ0v) is 24.8. The van der Waals surface area contributed by atoms with Gasteiger partial charge in [0, 0.05) is 66.5 Å². The van der Waals surface area contributed by atoms with Crippen LogP contribution >= 0.6 is 0 Å². The van der Waals surface area contributed by atoms with Crippen molar-refractivity contribution in [3.05, 3.63) is 30.3 Å². The summed E-state index contributed by atoms with van der Waals surface area (Å²) in [7, 11) is 4.98. The molecular weight excluding hydrogens is 482 g/mol. The largest absolute Gasteiger partial charge is 0.503 e. The summed E-state index contributed by atoms with van der Waals surface area (Å²) in [6.07, 6.45) is 7.52. The molecule has 0 bridgehead atoms. The summed E-state index contributed by atoms with van der Waals surface area (Å²) in [5.74, 6) is 0. The summed E-state index contributed by atoms with van der Waals surface area (Å²) >= 11 is 0. The first-order valence-corrected chi connectivity index (χ1v) is 16.2. The van der Waals surface area contributed by atoms with Gasteiger partial charge in [0.2, 0.25) is 0 Å². The summed E-state index contributed by atoms with van der Waals surface area (Å²) in [6, 6.07) is 10.9. The van der Waals surface area contributed by atoms with Crippen molar-refractivity contribution in [1.82, 2.24) is 0 Å². The Morgan fingerprint density at radius 3 is 1.74 bits per heavy atom. The molecule has 0 saturated heterocycles. The molecule has 11 heteroatoms. The van der Waals surface area contributed by atoms with E-state index in [-0.39, 0.29) is 0 Å². The minimum Gasteiger partial charge on any atom is -0.385 e. The van der Waals surface area contributed by atoms with Gasteiger partial charge in [0.25, 0.3) is 0 Å². The van der Waals surface area contributed by atoms with E-state index < -0.39 is 17.6 Å². The van der Waals surface area contributed by atoms with E-state index in [1.165, 1.54) is 12.8 Å². The van der Waals surface area contributed by atoms with Gasteiger partial charge in [0.15, 0.2) is 0 Å². The molecule has 0 aliphatic rings. The van der Waals surface area contributed by atoms with Gasteiger partial charge >= 0.3 is 17.6 Å². The van der Waals surface area contributed by atoms with Crippen molar-refractivity contribution in [1.29, 1.82) is 0 Å². The fourth-order valence-corrected chi connectivity index (χ4v) is 8.29. The Hall–Kier alpha value is -0.866. The summed E-state index contributed by atoms with van der Waals surface area (Å²) < 4.78 is 32.7. The highest BCUT2D eigenvalue weighted by atomic mass is 28.4. The van der Waals surface area contributed by atoms with Crippen LogP contribution in [0, 0.1) is 0 Å². The first-order chi connectivity index (χ1) is 17.0. The minimum absolute atomic E-state index is 0.292. The van der Waals surface area contributed by atoms with Gasteiger partial charge in [-0.3, -0.25) is 0 Å². The number of rotatable bonds is 20. The second kappa shape index (κ2) is 21.2. The summed E-state index contributed by atoms with van der Waals surface area (Å²) in [4.78, 5) is 0. The van der Waals surface area contributed by atoms with E-state index in [4.69, 9.17) is 38.0 Å². The second-order valence-corrected chi connectivity index (χ2v) is 14.5. The third-order valence-electron chi connectivity index (χ3n) is 6.07. The van der Waals surface area contributed by atoms with Crippen LogP contribution in [0.4, 0.5) is 5.69 Å². The highest BCUT2D eigenvalue weighted by Gasteiger charge is 2.46. The van der Waals surface area contributed by atoms with Gasteiger partial charge in [-0.1, -0.05) is 37.5 Å². The molecule has 1 aromatic rings.